The number of amides is 4. The van der Waals surface area contributed by atoms with Crippen molar-refractivity contribution in [3.8, 4) is 0 Å². The second-order valence-corrected chi connectivity index (χ2v) is 7.27. The molecule has 0 aliphatic carbocycles. The maximum atomic E-state index is 13.1. The molecule has 2 unspecified atom stereocenters. The van der Waals surface area contributed by atoms with Gasteiger partial charge in [-0.05, 0) is 24.0 Å². The molecule has 0 aromatic heterocycles. The highest BCUT2D eigenvalue weighted by atomic mass is 16.2. The second kappa shape index (κ2) is 8.90. The monoisotopic (exact) mass is 393 g/mol. The minimum atomic E-state index is -1.12. The van der Waals surface area contributed by atoms with Gasteiger partial charge in [-0.1, -0.05) is 80.9 Å². The van der Waals surface area contributed by atoms with Crippen molar-refractivity contribution in [2.75, 3.05) is 6.54 Å². The quantitative estimate of drug-likeness (QED) is 0.674. The molecule has 2 N–H and O–H groups in total. The van der Waals surface area contributed by atoms with Crippen molar-refractivity contribution in [3.05, 3.63) is 71.8 Å². The number of nitrogens with one attached hydrogen (secondary N) is 2. The lowest BCUT2D eigenvalue weighted by atomic mass is 9.87. The zero-order valence-corrected chi connectivity index (χ0v) is 16.9. The van der Waals surface area contributed by atoms with Gasteiger partial charge in [-0.2, -0.15) is 0 Å². The zero-order valence-electron chi connectivity index (χ0n) is 16.9. The Balaban J connectivity index is 1.75. The topological polar surface area (TPSA) is 78.5 Å². The standard InChI is InChI=1S/C23H27N3O3/c1-3-11-19(17-12-7-5-8-13-17)24-20(27)16-26-21(28)23(4-2,25-22(26)29)18-14-9-6-10-15-18/h5-10,12-15,19H,3-4,11,16H2,1-2H3,(H,24,27)(H,25,29). The van der Waals surface area contributed by atoms with Gasteiger partial charge in [-0.25, -0.2) is 4.79 Å². The number of hydrogen-bond donors (Lipinski definition) is 2. The molecule has 3 rings (SSSR count). The van der Waals surface area contributed by atoms with E-state index in [-0.39, 0.29) is 18.5 Å². The predicted octanol–water partition coefficient (Wildman–Crippen LogP) is 3.50. The summed E-state index contributed by atoms with van der Waals surface area (Å²) in [6, 6.07) is 18.2. The minimum absolute atomic E-state index is 0.153. The fourth-order valence-electron chi connectivity index (χ4n) is 3.81. The number of urea groups is 1. The van der Waals surface area contributed by atoms with E-state index in [0.717, 1.165) is 28.9 Å². The molecule has 6 heteroatoms. The summed E-state index contributed by atoms with van der Waals surface area (Å²) in [7, 11) is 0. The van der Waals surface area contributed by atoms with Gasteiger partial charge in [0.05, 0.1) is 6.04 Å². The van der Waals surface area contributed by atoms with Gasteiger partial charge in [0, 0.05) is 0 Å². The third-order valence-electron chi connectivity index (χ3n) is 5.39. The summed E-state index contributed by atoms with van der Waals surface area (Å²) in [4.78, 5) is 39.4. The molecular formula is C23H27N3O3. The molecule has 1 heterocycles. The first-order chi connectivity index (χ1) is 14.0. The van der Waals surface area contributed by atoms with Crippen LogP contribution in [0.2, 0.25) is 0 Å². The number of hydrogen-bond acceptors (Lipinski definition) is 3. The molecule has 1 aliphatic rings. The van der Waals surface area contributed by atoms with Crippen LogP contribution in [0, 0.1) is 0 Å². The summed E-state index contributed by atoms with van der Waals surface area (Å²) >= 11 is 0. The molecular weight excluding hydrogens is 366 g/mol. The fraction of sp³-hybridized carbons (Fsp3) is 0.348. The van der Waals surface area contributed by atoms with Gasteiger partial charge in [-0.15, -0.1) is 0 Å². The molecule has 1 saturated heterocycles. The molecule has 1 aliphatic heterocycles. The van der Waals surface area contributed by atoms with Crippen molar-refractivity contribution in [3.63, 3.8) is 0 Å². The first-order valence-corrected chi connectivity index (χ1v) is 10.1. The normalized spacial score (nSPS) is 19.7. The molecule has 2 aromatic rings. The summed E-state index contributed by atoms with van der Waals surface area (Å²) in [5, 5.41) is 5.78. The minimum Gasteiger partial charge on any atom is -0.348 e. The van der Waals surface area contributed by atoms with Gasteiger partial charge < -0.3 is 10.6 Å². The molecule has 2 atom stereocenters. The molecule has 0 radical (unpaired) electrons. The zero-order chi connectivity index (χ0) is 20.9. The van der Waals surface area contributed by atoms with Crippen LogP contribution in [0.5, 0.6) is 0 Å². The second-order valence-electron chi connectivity index (χ2n) is 7.27. The van der Waals surface area contributed by atoms with Crippen molar-refractivity contribution in [1.29, 1.82) is 0 Å². The van der Waals surface area contributed by atoms with E-state index in [1.54, 1.807) is 0 Å². The van der Waals surface area contributed by atoms with Gasteiger partial charge >= 0.3 is 6.03 Å². The summed E-state index contributed by atoms with van der Waals surface area (Å²) < 4.78 is 0. The summed E-state index contributed by atoms with van der Waals surface area (Å²) in [6.07, 6.45) is 2.08. The largest absolute Gasteiger partial charge is 0.348 e. The number of nitrogens with zero attached hydrogens (tertiary/aromatic N) is 1. The van der Waals surface area contributed by atoms with Gasteiger partial charge in [0.25, 0.3) is 5.91 Å². The van der Waals surface area contributed by atoms with Crippen LogP contribution >= 0.6 is 0 Å². The number of imide groups is 1. The smallest absolute Gasteiger partial charge is 0.325 e. The van der Waals surface area contributed by atoms with E-state index in [9.17, 15) is 14.4 Å². The van der Waals surface area contributed by atoms with Crippen LogP contribution in [-0.4, -0.2) is 29.3 Å². The average molecular weight is 393 g/mol. The average Bonchev–Trinajstić information content (AvgIpc) is 3.00. The highest BCUT2D eigenvalue weighted by molar-refractivity contribution is 6.09. The summed E-state index contributed by atoms with van der Waals surface area (Å²) in [5.41, 5.74) is 0.602. The lowest BCUT2D eigenvalue weighted by molar-refractivity contribution is -0.135. The summed E-state index contributed by atoms with van der Waals surface area (Å²) in [5.74, 6) is -0.742. The van der Waals surface area contributed by atoms with Crippen LogP contribution in [0.3, 0.4) is 0 Å². The van der Waals surface area contributed by atoms with Crippen molar-refractivity contribution in [2.45, 2.75) is 44.7 Å². The summed E-state index contributed by atoms with van der Waals surface area (Å²) in [6.45, 7) is 3.60. The van der Waals surface area contributed by atoms with Crippen LogP contribution in [0.1, 0.15) is 50.3 Å². The van der Waals surface area contributed by atoms with E-state index in [2.05, 4.69) is 17.6 Å². The van der Waals surface area contributed by atoms with E-state index >= 15 is 0 Å². The van der Waals surface area contributed by atoms with Crippen molar-refractivity contribution < 1.29 is 14.4 Å². The third-order valence-corrected chi connectivity index (χ3v) is 5.39. The first-order valence-electron chi connectivity index (χ1n) is 10.1. The van der Waals surface area contributed by atoms with Crippen LogP contribution in [0.4, 0.5) is 4.79 Å². The molecule has 152 valence electrons. The highest BCUT2D eigenvalue weighted by Gasteiger charge is 2.51. The Morgan fingerprint density at radius 1 is 1.03 bits per heavy atom. The van der Waals surface area contributed by atoms with Gasteiger partial charge in [0.15, 0.2) is 0 Å². The lowest BCUT2D eigenvalue weighted by Gasteiger charge is -2.26. The van der Waals surface area contributed by atoms with Gasteiger partial charge in [0.1, 0.15) is 12.1 Å². The van der Waals surface area contributed by atoms with Crippen molar-refractivity contribution in [2.24, 2.45) is 0 Å². The van der Waals surface area contributed by atoms with Crippen LogP contribution < -0.4 is 10.6 Å². The van der Waals surface area contributed by atoms with E-state index in [4.69, 9.17) is 0 Å². The van der Waals surface area contributed by atoms with E-state index < -0.39 is 17.5 Å². The maximum absolute atomic E-state index is 13.1. The molecule has 2 aromatic carbocycles. The number of rotatable bonds is 8. The van der Waals surface area contributed by atoms with Gasteiger partial charge in [-0.3, -0.25) is 14.5 Å². The predicted molar refractivity (Wildman–Crippen MR) is 111 cm³/mol. The molecule has 4 amide bonds. The highest BCUT2D eigenvalue weighted by Crippen LogP contribution is 2.32. The fourth-order valence-corrected chi connectivity index (χ4v) is 3.81. The van der Waals surface area contributed by atoms with Crippen LogP contribution in [0.25, 0.3) is 0 Å². The molecule has 0 spiro atoms. The molecule has 1 fully saturated rings. The lowest BCUT2D eigenvalue weighted by Crippen LogP contribution is -2.45. The van der Waals surface area contributed by atoms with Crippen molar-refractivity contribution in [1.82, 2.24) is 15.5 Å². The maximum Gasteiger partial charge on any atom is 0.325 e. The van der Waals surface area contributed by atoms with E-state index in [0.29, 0.717) is 6.42 Å². The van der Waals surface area contributed by atoms with E-state index in [1.165, 1.54) is 0 Å². The van der Waals surface area contributed by atoms with Gasteiger partial charge in [0.2, 0.25) is 5.91 Å². The number of carbonyl (C=O) groups is 3. The van der Waals surface area contributed by atoms with Crippen LogP contribution in [0.15, 0.2) is 60.7 Å². The Morgan fingerprint density at radius 3 is 2.24 bits per heavy atom. The van der Waals surface area contributed by atoms with E-state index in [1.807, 2.05) is 67.6 Å². The Kier molecular flexibility index (Phi) is 6.32. The van der Waals surface area contributed by atoms with Crippen LogP contribution in [-0.2, 0) is 15.1 Å². The Morgan fingerprint density at radius 2 is 1.66 bits per heavy atom. The Hall–Kier alpha value is -3.15. The molecule has 29 heavy (non-hydrogen) atoms. The Labute approximate surface area is 171 Å². The van der Waals surface area contributed by atoms with Crippen molar-refractivity contribution >= 4 is 17.8 Å². The Bertz CT molecular complexity index is 869. The number of benzene rings is 2. The third kappa shape index (κ3) is 4.16. The number of carbonyl (C=O) groups excluding carboxylic acids is 3. The molecule has 0 saturated carbocycles. The SMILES string of the molecule is CCCC(NC(=O)CN1C(=O)NC(CC)(c2ccccc2)C1=O)c1ccccc1. The first kappa shape index (κ1) is 20.6. The molecule has 0 bridgehead atoms. The molecule has 6 nitrogen and oxygen atoms in total.